The van der Waals surface area contributed by atoms with Gasteiger partial charge in [0.05, 0.1) is 6.10 Å². The molecule has 1 heteroatoms. The van der Waals surface area contributed by atoms with Crippen LogP contribution in [0, 0.1) is 29.6 Å². The minimum Gasteiger partial charge on any atom is -0.392 e. The van der Waals surface area contributed by atoms with Crippen molar-refractivity contribution >= 4 is 0 Å². The van der Waals surface area contributed by atoms with E-state index in [-0.39, 0.29) is 6.10 Å². The standard InChI is InChI=1S/C14H22O/c1-2-3-13(15)14-11-5-9-4-10(7-11)8-12(14)6-9/h2,9-15H,1,3-8H2. The Labute approximate surface area is 92.6 Å². The van der Waals surface area contributed by atoms with Gasteiger partial charge in [-0.15, -0.1) is 6.58 Å². The molecule has 0 amide bonds. The highest BCUT2D eigenvalue weighted by Gasteiger charge is 2.49. The third-order valence-corrected chi connectivity index (χ3v) is 5.15. The Morgan fingerprint density at radius 1 is 1.07 bits per heavy atom. The highest BCUT2D eigenvalue weighted by Crippen LogP contribution is 2.57. The second kappa shape index (κ2) is 3.62. The predicted molar refractivity (Wildman–Crippen MR) is 61.4 cm³/mol. The van der Waals surface area contributed by atoms with E-state index in [4.69, 9.17) is 0 Å². The lowest BCUT2D eigenvalue weighted by Gasteiger charge is -2.55. The molecule has 0 aliphatic heterocycles. The third kappa shape index (κ3) is 1.56. The van der Waals surface area contributed by atoms with E-state index in [0.29, 0.717) is 5.92 Å². The smallest absolute Gasteiger partial charge is 0.0607 e. The molecular formula is C14H22O. The van der Waals surface area contributed by atoms with Gasteiger partial charge in [0.25, 0.3) is 0 Å². The maximum absolute atomic E-state index is 10.2. The van der Waals surface area contributed by atoms with E-state index in [2.05, 4.69) is 6.58 Å². The minimum absolute atomic E-state index is 0.0995. The first-order chi connectivity index (χ1) is 7.28. The summed E-state index contributed by atoms with van der Waals surface area (Å²) in [6.07, 6.45) is 9.72. The van der Waals surface area contributed by atoms with Crippen molar-refractivity contribution in [2.45, 2.75) is 44.6 Å². The van der Waals surface area contributed by atoms with Crippen molar-refractivity contribution in [2.24, 2.45) is 29.6 Å². The van der Waals surface area contributed by atoms with Crippen molar-refractivity contribution in [3.05, 3.63) is 12.7 Å². The van der Waals surface area contributed by atoms with E-state index in [1.165, 1.54) is 32.1 Å². The Balaban J connectivity index is 1.76. The van der Waals surface area contributed by atoms with Crippen molar-refractivity contribution in [1.29, 1.82) is 0 Å². The fourth-order valence-corrected chi connectivity index (χ4v) is 4.92. The monoisotopic (exact) mass is 206 g/mol. The third-order valence-electron chi connectivity index (χ3n) is 5.15. The fraction of sp³-hybridized carbons (Fsp3) is 0.857. The average molecular weight is 206 g/mol. The first-order valence-electron chi connectivity index (χ1n) is 6.57. The molecule has 84 valence electrons. The Hall–Kier alpha value is -0.300. The molecule has 4 rings (SSSR count). The maximum atomic E-state index is 10.2. The highest BCUT2D eigenvalue weighted by molar-refractivity contribution is 5.00. The van der Waals surface area contributed by atoms with Crippen LogP contribution in [0.25, 0.3) is 0 Å². The van der Waals surface area contributed by atoms with Gasteiger partial charge in [0.1, 0.15) is 0 Å². The van der Waals surface area contributed by atoms with E-state index in [0.717, 1.165) is 30.1 Å². The maximum Gasteiger partial charge on any atom is 0.0607 e. The van der Waals surface area contributed by atoms with Gasteiger partial charge in [0.2, 0.25) is 0 Å². The number of hydrogen-bond acceptors (Lipinski definition) is 1. The van der Waals surface area contributed by atoms with E-state index in [9.17, 15) is 5.11 Å². The van der Waals surface area contributed by atoms with Crippen LogP contribution in [0.2, 0.25) is 0 Å². The highest BCUT2D eigenvalue weighted by atomic mass is 16.3. The molecule has 0 aromatic heterocycles. The Morgan fingerprint density at radius 3 is 2.07 bits per heavy atom. The molecule has 0 saturated heterocycles. The van der Waals surface area contributed by atoms with Gasteiger partial charge in [-0.3, -0.25) is 0 Å². The molecule has 4 aliphatic rings. The lowest BCUT2D eigenvalue weighted by atomic mass is 9.50. The number of aliphatic hydroxyl groups excluding tert-OH is 1. The second-order valence-corrected chi connectivity index (χ2v) is 6.10. The summed E-state index contributed by atoms with van der Waals surface area (Å²) >= 11 is 0. The van der Waals surface area contributed by atoms with Crippen LogP contribution >= 0.6 is 0 Å². The first-order valence-corrected chi connectivity index (χ1v) is 6.57. The van der Waals surface area contributed by atoms with Gasteiger partial charge in [-0.1, -0.05) is 6.08 Å². The van der Waals surface area contributed by atoms with Crippen LogP contribution in [-0.4, -0.2) is 11.2 Å². The summed E-state index contributed by atoms with van der Waals surface area (Å²) in [6.45, 7) is 3.75. The van der Waals surface area contributed by atoms with Crippen LogP contribution in [0.15, 0.2) is 12.7 Å². The summed E-state index contributed by atoms with van der Waals surface area (Å²) in [4.78, 5) is 0. The molecule has 4 aliphatic carbocycles. The van der Waals surface area contributed by atoms with Gasteiger partial charge in [-0.05, 0) is 68.1 Å². The average Bonchev–Trinajstić information content (AvgIpc) is 2.15. The number of aliphatic hydroxyl groups is 1. The molecule has 0 aromatic carbocycles. The molecule has 4 bridgehead atoms. The Morgan fingerprint density at radius 2 is 1.60 bits per heavy atom. The number of rotatable bonds is 3. The largest absolute Gasteiger partial charge is 0.392 e. The van der Waals surface area contributed by atoms with Crippen LogP contribution < -0.4 is 0 Å². The van der Waals surface area contributed by atoms with Crippen LogP contribution in [0.4, 0.5) is 0 Å². The molecule has 1 nitrogen and oxygen atoms in total. The molecule has 0 aromatic rings. The van der Waals surface area contributed by atoms with Gasteiger partial charge < -0.3 is 5.11 Å². The zero-order chi connectivity index (χ0) is 10.4. The van der Waals surface area contributed by atoms with Crippen LogP contribution in [-0.2, 0) is 0 Å². The van der Waals surface area contributed by atoms with Crippen LogP contribution in [0.3, 0.4) is 0 Å². The van der Waals surface area contributed by atoms with Crippen molar-refractivity contribution in [1.82, 2.24) is 0 Å². The Kier molecular flexibility index (Phi) is 2.39. The van der Waals surface area contributed by atoms with Gasteiger partial charge in [0.15, 0.2) is 0 Å². The summed E-state index contributed by atoms with van der Waals surface area (Å²) in [5, 5.41) is 10.2. The second-order valence-electron chi connectivity index (χ2n) is 6.10. The molecule has 1 N–H and O–H groups in total. The first kappa shape index (κ1) is 9.89. The van der Waals surface area contributed by atoms with E-state index in [1.807, 2.05) is 6.08 Å². The van der Waals surface area contributed by atoms with Crippen LogP contribution in [0.1, 0.15) is 38.5 Å². The van der Waals surface area contributed by atoms with Crippen molar-refractivity contribution in [2.75, 3.05) is 0 Å². The van der Waals surface area contributed by atoms with Gasteiger partial charge >= 0.3 is 0 Å². The summed E-state index contributed by atoms with van der Waals surface area (Å²) in [6, 6.07) is 0. The molecule has 15 heavy (non-hydrogen) atoms. The Bertz CT molecular complexity index is 230. The molecule has 0 heterocycles. The summed E-state index contributed by atoms with van der Waals surface area (Å²) in [5.74, 6) is 4.32. The molecule has 1 unspecified atom stereocenters. The molecule has 4 saturated carbocycles. The lowest BCUT2D eigenvalue weighted by Crippen LogP contribution is -2.49. The fourth-order valence-electron chi connectivity index (χ4n) is 4.92. The van der Waals surface area contributed by atoms with Gasteiger partial charge in [0, 0.05) is 0 Å². The van der Waals surface area contributed by atoms with E-state index >= 15 is 0 Å². The number of hydrogen-bond donors (Lipinski definition) is 1. The van der Waals surface area contributed by atoms with Crippen molar-refractivity contribution < 1.29 is 5.11 Å². The molecule has 1 atom stereocenters. The van der Waals surface area contributed by atoms with Crippen LogP contribution in [0.5, 0.6) is 0 Å². The SMILES string of the molecule is C=CCC(O)C1C2CC3CC(C2)CC1C3. The molecule has 0 radical (unpaired) electrons. The van der Waals surface area contributed by atoms with E-state index in [1.54, 1.807) is 0 Å². The summed E-state index contributed by atoms with van der Waals surface area (Å²) < 4.78 is 0. The lowest BCUT2D eigenvalue weighted by molar-refractivity contribution is -0.0880. The van der Waals surface area contributed by atoms with Gasteiger partial charge in [-0.25, -0.2) is 0 Å². The quantitative estimate of drug-likeness (QED) is 0.704. The summed E-state index contributed by atoms with van der Waals surface area (Å²) in [7, 11) is 0. The zero-order valence-electron chi connectivity index (χ0n) is 9.44. The topological polar surface area (TPSA) is 20.2 Å². The predicted octanol–water partition coefficient (Wildman–Crippen LogP) is 3.00. The normalized spacial score (nSPS) is 49.3. The summed E-state index contributed by atoms with van der Waals surface area (Å²) in [5.41, 5.74) is 0. The van der Waals surface area contributed by atoms with Crippen molar-refractivity contribution in [3.8, 4) is 0 Å². The van der Waals surface area contributed by atoms with Crippen molar-refractivity contribution in [3.63, 3.8) is 0 Å². The van der Waals surface area contributed by atoms with Gasteiger partial charge in [-0.2, -0.15) is 0 Å². The van der Waals surface area contributed by atoms with E-state index < -0.39 is 0 Å². The molecule has 4 fully saturated rings. The minimum atomic E-state index is -0.0995. The molecule has 0 spiro atoms. The zero-order valence-corrected chi connectivity index (χ0v) is 9.44. The molecular weight excluding hydrogens is 184 g/mol.